The van der Waals surface area contributed by atoms with Gasteiger partial charge in [-0.25, -0.2) is 0 Å². The van der Waals surface area contributed by atoms with Crippen LogP contribution in [0, 0.1) is 0 Å². The van der Waals surface area contributed by atoms with Crippen molar-refractivity contribution in [3.8, 4) is 11.6 Å². The highest BCUT2D eigenvalue weighted by molar-refractivity contribution is 5.46. The topological polar surface area (TPSA) is 98.9 Å². The van der Waals surface area contributed by atoms with Gasteiger partial charge >= 0.3 is 0 Å². The Morgan fingerprint density at radius 1 is 1.53 bits per heavy atom. The molecule has 0 radical (unpaired) electrons. The molecule has 0 saturated heterocycles. The fourth-order valence-electron chi connectivity index (χ4n) is 1.25. The first-order valence-corrected chi connectivity index (χ1v) is 5.40. The highest BCUT2D eigenvalue weighted by Crippen LogP contribution is 2.16. The van der Waals surface area contributed by atoms with Crippen molar-refractivity contribution in [2.75, 3.05) is 25.0 Å². The molecule has 0 amide bonds. The van der Waals surface area contributed by atoms with Gasteiger partial charge in [-0.2, -0.15) is 4.98 Å². The minimum absolute atomic E-state index is 0.364. The van der Waals surface area contributed by atoms with Crippen LogP contribution in [0.25, 0.3) is 11.6 Å². The van der Waals surface area contributed by atoms with Crippen molar-refractivity contribution in [3.05, 3.63) is 6.20 Å². The Kier molecular flexibility index (Phi) is 3.33. The summed E-state index contributed by atoms with van der Waals surface area (Å²) in [5.74, 6) is 0.902. The lowest BCUT2D eigenvalue weighted by molar-refractivity contribution is 0.429. The third-order valence-electron chi connectivity index (χ3n) is 2.35. The van der Waals surface area contributed by atoms with E-state index < -0.39 is 0 Å². The van der Waals surface area contributed by atoms with Gasteiger partial charge in [0.05, 0.1) is 12.7 Å². The minimum Gasteiger partial charge on any atom is -0.342 e. The number of aromatic nitrogens is 5. The van der Waals surface area contributed by atoms with E-state index in [4.69, 9.17) is 10.3 Å². The molecule has 2 N–H and O–H groups in total. The Morgan fingerprint density at radius 2 is 2.35 bits per heavy atom. The minimum atomic E-state index is 0.364. The van der Waals surface area contributed by atoms with Crippen LogP contribution >= 0.6 is 0 Å². The SMILES string of the molecule is CCN(C)c1noc(-c2cn(CCN)nn2)n1. The van der Waals surface area contributed by atoms with E-state index in [1.165, 1.54) is 0 Å². The van der Waals surface area contributed by atoms with Crippen LogP contribution < -0.4 is 10.6 Å². The summed E-state index contributed by atoms with van der Waals surface area (Å²) in [5, 5.41) is 11.7. The quantitative estimate of drug-likeness (QED) is 0.765. The largest absolute Gasteiger partial charge is 0.342 e. The Hall–Kier alpha value is -1.96. The third kappa shape index (κ3) is 2.41. The maximum absolute atomic E-state index is 5.42. The van der Waals surface area contributed by atoms with Crippen LogP contribution in [0.5, 0.6) is 0 Å². The Labute approximate surface area is 98.4 Å². The Morgan fingerprint density at radius 3 is 3.06 bits per heavy atom. The summed E-state index contributed by atoms with van der Waals surface area (Å²) in [6.45, 7) is 3.94. The maximum atomic E-state index is 5.42. The van der Waals surface area contributed by atoms with E-state index in [1.807, 2.05) is 18.9 Å². The van der Waals surface area contributed by atoms with Crippen LogP contribution in [0.1, 0.15) is 6.92 Å². The molecule has 0 unspecified atom stereocenters. The van der Waals surface area contributed by atoms with Crippen LogP contribution in [0.15, 0.2) is 10.7 Å². The molecule has 0 saturated carbocycles. The van der Waals surface area contributed by atoms with Crippen molar-refractivity contribution in [3.63, 3.8) is 0 Å². The van der Waals surface area contributed by atoms with E-state index in [0.717, 1.165) is 6.54 Å². The first-order valence-electron chi connectivity index (χ1n) is 5.40. The van der Waals surface area contributed by atoms with Crippen LogP contribution in [0.2, 0.25) is 0 Å². The van der Waals surface area contributed by atoms with E-state index in [2.05, 4.69) is 20.5 Å². The van der Waals surface area contributed by atoms with Gasteiger partial charge in [-0.05, 0) is 12.1 Å². The van der Waals surface area contributed by atoms with Gasteiger partial charge in [0.1, 0.15) is 0 Å². The van der Waals surface area contributed by atoms with E-state index in [9.17, 15) is 0 Å². The van der Waals surface area contributed by atoms with Gasteiger partial charge < -0.3 is 15.2 Å². The van der Waals surface area contributed by atoms with Crippen LogP contribution in [-0.4, -0.2) is 45.3 Å². The van der Waals surface area contributed by atoms with Crippen molar-refractivity contribution in [2.45, 2.75) is 13.5 Å². The Bertz CT molecular complexity index is 477. The van der Waals surface area contributed by atoms with Crippen molar-refractivity contribution in [1.82, 2.24) is 25.1 Å². The number of nitrogens with zero attached hydrogens (tertiary/aromatic N) is 6. The molecule has 8 heteroatoms. The summed E-state index contributed by atoms with van der Waals surface area (Å²) in [7, 11) is 1.89. The number of hydrogen-bond donors (Lipinski definition) is 1. The third-order valence-corrected chi connectivity index (χ3v) is 2.35. The molecule has 0 aliphatic carbocycles. The van der Waals surface area contributed by atoms with Crippen molar-refractivity contribution in [2.24, 2.45) is 5.73 Å². The summed E-state index contributed by atoms with van der Waals surface area (Å²) < 4.78 is 6.76. The molecule has 8 nitrogen and oxygen atoms in total. The summed E-state index contributed by atoms with van der Waals surface area (Å²) in [4.78, 5) is 6.10. The second-order valence-corrected chi connectivity index (χ2v) is 3.57. The highest BCUT2D eigenvalue weighted by Gasteiger charge is 2.14. The lowest BCUT2D eigenvalue weighted by Crippen LogP contribution is -2.16. The zero-order chi connectivity index (χ0) is 12.3. The van der Waals surface area contributed by atoms with Crippen LogP contribution in [-0.2, 0) is 6.54 Å². The zero-order valence-electron chi connectivity index (χ0n) is 9.87. The van der Waals surface area contributed by atoms with Crippen LogP contribution in [0.4, 0.5) is 5.95 Å². The molecule has 0 atom stereocenters. The van der Waals surface area contributed by atoms with E-state index in [1.54, 1.807) is 10.9 Å². The first kappa shape index (κ1) is 11.5. The van der Waals surface area contributed by atoms with Crippen molar-refractivity contribution < 1.29 is 4.52 Å². The summed E-state index contributed by atoms with van der Waals surface area (Å²) in [5.41, 5.74) is 5.98. The fraction of sp³-hybridized carbons (Fsp3) is 0.556. The molecular formula is C9H15N7O. The van der Waals surface area contributed by atoms with Gasteiger partial charge in [0.15, 0.2) is 5.69 Å². The monoisotopic (exact) mass is 237 g/mol. The molecule has 92 valence electrons. The second kappa shape index (κ2) is 4.91. The molecule has 0 aliphatic rings. The molecule has 0 fully saturated rings. The van der Waals surface area contributed by atoms with E-state index in [0.29, 0.717) is 30.6 Å². The summed E-state index contributed by atoms with van der Waals surface area (Å²) in [6, 6.07) is 0. The second-order valence-electron chi connectivity index (χ2n) is 3.57. The molecule has 0 spiro atoms. The van der Waals surface area contributed by atoms with Gasteiger partial charge in [-0.3, -0.25) is 4.68 Å². The molecule has 0 aliphatic heterocycles. The van der Waals surface area contributed by atoms with Crippen molar-refractivity contribution >= 4 is 5.95 Å². The lowest BCUT2D eigenvalue weighted by atomic mass is 10.5. The van der Waals surface area contributed by atoms with E-state index in [-0.39, 0.29) is 0 Å². The Balaban J connectivity index is 2.18. The van der Waals surface area contributed by atoms with E-state index >= 15 is 0 Å². The average molecular weight is 237 g/mol. The van der Waals surface area contributed by atoms with Gasteiger partial charge in [0.2, 0.25) is 0 Å². The molecule has 17 heavy (non-hydrogen) atoms. The predicted molar refractivity (Wildman–Crippen MR) is 61.3 cm³/mol. The zero-order valence-corrected chi connectivity index (χ0v) is 9.87. The molecule has 2 aromatic rings. The maximum Gasteiger partial charge on any atom is 0.281 e. The smallest absolute Gasteiger partial charge is 0.281 e. The number of rotatable bonds is 5. The molecular weight excluding hydrogens is 222 g/mol. The van der Waals surface area contributed by atoms with Gasteiger partial charge in [0.25, 0.3) is 11.8 Å². The molecule has 2 aromatic heterocycles. The lowest BCUT2D eigenvalue weighted by Gasteiger charge is -2.08. The van der Waals surface area contributed by atoms with Crippen LogP contribution in [0.3, 0.4) is 0 Å². The summed E-state index contributed by atoms with van der Waals surface area (Å²) in [6.07, 6.45) is 1.73. The standard InChI is InChI=1S/C9H15N7O/c1-3-15(2)9-11-8(17-13-9)7-6-16(5-4-10)14-12-7/h6H,3-5,10H2,1-2H3. The first-order chi connectivity index (χ1) is 8.24. The van der Waals surface area contributed by atoms with Gasteiger partial charge in [-0.1, -0.05) is 5.21 Å². The van der Waals surface area contributed by atoms with Gasteiger partial charge in [0, 0.05) is 20.1 Å². The number of hydrogen-bond acceptors (Lipinski definition) is 7. The number of nitrogens with two attached hydrogens (primary N) is 1. The average Bonchev–Trinajstić information content (AvgIpc) is 2.96. The summed E-state index contributed by atoms with van der Waals surface area (Å²) >= 11 is 0. The molecule has 0 aromatic carbocycles. The van der Waals surface area contributed by atoms with Crippen molar-refractivity contribution in [1.29, 1.82) is 0 Å². The molecule has 0 bridgehead atoms. The molecule has 2 heterocycles. The fourth-order valence-corrected chi connectivity index (χ4v) is 1.25. The highest BCUT2D eigenvalue weighted by atomic mass is 16.5. The molecule has 2 rings (SSSR count). The predicted octanol–water partition coefficient (Wildman–Crippen LogP) is -0.257. The van der Waals surface area contributed by atoms with Gasteiger partial charge in [-0.15, -0.1) is 5.10 Å². The normalized spacial score (nSPS) is 10.8. The number of anilines is 1.